The molecule has 0 spiro atoms. The lowest BCUT2D eigenvalue weighted by Gasteiger charge is -2.16. The molecule has 2 rings (SSSR count). The summed E-state index contributed by atoms with van der Waals surface area (Å²) in [5, 5.41) is 13.7. The summed E-state index contributed by atoms with van der Waals surface area (Å²) in [5.74, 6) is 0.136. The van der Waals surface area contributed by atoms with Gasteiger partial charge in [0, 0.05) is 20.0 Å². The van der Waals surface area contributed by atoms with Gasteiger partial charge in [0.1, 0.15) is 5.84 Å². The van der Waals surface area contributed by atoms with Crippen LogP contribution in [0.4, 0.5) is 0 Å². The van der Waals surface area contributed by atoms with Crippen molar-refractivity contribution < 1.29 is 10.0 Å². The van der Waals surface area contributed by atoms with E-state index >= 15 is 0 Å². The fourth-order valence-corrected chi connectivity index (χ4v) is 2.12. The molecule has 110 valence electrons. The second-order valence-electron chi connectivity index (χ2n) is 5.01. The summed E-state index contributed by atoms with van der Waals surface area (Å²) in [7, 11) is 1.72. The SMILES string of the molecule is CN(CC/C(N)=N/O)C(=O)Cc1ccc2ccccc2c1. The number of likely N-dealkylation sites (N-methyl/N-ethyl adjacent to an activating group) is 1. The van der Waals surface area contributed by atoms with E-state index in [9.17, 15) is 4.79 Å². The van der Waals surface area contributed by atoms with E-state index in [0.29, 0.717) is 19.4 Å². The fourth-order valence-electron chi connectivity index (χ4n) is 2.12. The maximum atomic E-state index is 12.1. The van der Waals surface area contributed by atoms with Crippen molar-refractivity contribution in [3.8, 4) is 0 Å². The van der Waals surface area contributed by atoms with Crippen molar-refractivity contribution in [1.82, 2.24) is 4.90 Å². The Labute approximate surface area is 123 Å². The molecule has 5 heteroatoms. The minimum atomic E-state index is 0.0102. The molecule has 0 aliphatic heterocycles. The summed E-state index contributed by atoms with van der Waals surface area (Å²) in [6.07, 6.45) is 0.702. The van der Waals surface area contributed by atoms with Crippen LogP contribution < -0.4 is 5.73 Å². The van der Waals surface area contributed by atoms with Crippen LogP contribution in [0.5, 0.6) is 0 Å². The number of amides is 1. The number of hydrogen-bond donors (Lipinski definition) is 2. The number of amidine groups is 1. The molecule has 0 aliphatic carbocycles. The molecule has 2 aromatic carbocycles. The lowest BCUT2D eigenvalue weighted by molar-refractivity contribution is -0.129. The summed E-state index contributed by atoms with van der Waals surface area (Å²) < 4.78 is 0. The second-order valence-corrected chi connectivity index (χ2v) is 5.01. The largest absolute Gasteiger partial charge is 0.409 e. The van der Waals surface area contributed by atoms with Crippen molar-refractivity contribution >= 4 is 22.5 Å². The van der Waals surface area contributed by atoms with Gasteiger partial charge >= 0.3 is 0 Å². The van der Waals surface area contributed by atoms with Crippen molar-refractivity contribution in [3.05, 3.63) is 48.0 Å². The van der Waals surface area contributed by atoms with Gasteiger partial charge < -0.3 is 15.8 Å². The van der Waals surface area contributed by atoms with Crippen LogP contribution in [0.15, 0.2) is 47.6 Å². The van der Waals surface area contributed by atoms with Crippen molar-refractivity contribution in [2.45, 2.75) is 12.8 Å². The predicted molar refractivity (Wildman–Crippen MR) is 83.3 cm³/mol. The van der Waals surface area contributed by atoms with Crippen molar-refractivity contribution in [1.29, 1.82) is 0 Å². The Bertz CT molecular complexity index is 667. The van der Waals surface area contributed by atoms with E-state index in [4.69, 9.17) is 10.9 Å². The number of carbonyl (C=O) groups excluding carboxylic acids is 1. The number of carbonyl (C=O) groups is 1. The van der Waals surface area contributed by atoms with Crippen LogP contribution in [0.2, 0.25) is 0 Å². The molecule has 0 saturated carbocycles. The topological polar surface area (TPSA) is 78.9 Å². The molecule has 0 heterocycles. The molecule has 2 aromatic rings. The van der Waals surface area contributed by atoms with E-state index < -0.39 is 0 Å². The van der Waals surface area contributed by atoms with Crippen LogP contribution in [-0.4, -0.2) is 35.4 Å². The number of hydrogen-bond acceptors (Lipinski definition) is 3. The average molecular weight is 285 g/mol. The summed E-state index contributed by atoms with van der Waals surface area (Å²) in [6, 6.07) is 14.1. The van der Waals surface area contributed by atoms with Gasteiger partial charge in [0.25, 0.3) is 0 Å². The quantitative estimate of drug-likeness (QED) is 0.381. The van der Waals surface area contributed by atoms with Crippen LogP contribution >= 0.6 is 0 Å². The number of benzene rings is 2. The van der Waals surface area contributed by atoms with Gasteiger partial charge in [-0.2, -0.15) is 0 Å². The first-order chi connectivity index (χ1) is 10.1. The molecule has 0 atom stereocenters. The second kappa shape index (κ2) is 6.74. The monoisotopic (exact) mass is 285 g/mol. The van der Waals surface area contributed by atoms with Crippen molar-refractivity contribution in [3.63, 3.8) is 0 Å². The number of oxime groups is 1. The Morgan fingerprint density at radius 2 is 1.95 bits per heavy atom. The van der Waals surface area contributed by atoms with E-state index in [0.717, 1.165) is 16.3 Å². The van der Waals surface area contributed by atoms with Gasteiger partial charge in [0.15, 0.2) is 0 Å². The van der Waals surface area contributed by atoms with E-state index in [1.165, 1.54) is 0 Å². The zero-order chi connectivity index (χ0) is 15.2. The maximum absolute atomic E-state index is 12.1. The minimum absolute atomic E-state index is 0.0102. The van der Waals surface area contributed by atoms with Gasteiger partial charge in [-0.3, -0.25) is 4.79 Å². The van der Waals surface area contributed by atoms with Gasteiger partial charge in [-0.25, -0.2) is 0 Å². The van der Waals surface area contributed by atoms with Crippen LogP contribution in [0.25, 0.3) is 10.8 Å². The smallest absolute Gasteiger partial charge is 0.226 e. The first-order valence-corrected chi connectivity index (χ1v) is 6.78. The third kappa shape index (κ3) is 3.95. The molecule has 3 N–H and O–H groups in total. The first kappa shape index (κ1) is 14.8. The molecule has 5 nitrogen and oxygen atoms in total. The standard InChI is InChI=1S/C16H19N3O2/c1-19(9-8-15(17)18-21)16(20)11-12-6-7-13-4-2-3-5-14(13)10-12/h2-7,10,21H,8-9,11H2,1H3,(H2,17,18). The summed E-state index contributed by atoms with van der Waals surface area (Å²) in [4.78, 5) is 13.7. The highest BCUT2D eigenvalue weighted by Gasteiger charge is 2.10. The zero-order valence-corrected chi connectivity index (χ0v) is 12.0. The molecule has 0 aliphatic rings. The number of fused-ring (bicyclic) bond motifs is 1. The highest BCUT2D eigenvalue weighted by atomic mass is 16.4. The summed E-state index contributed by atoms with van der Waals surface area (Å²) in [5.41, 5.74) is 6.38. The van der Waals surface area contributed by atoms with Crippen molar-refractivity contribution in [2.24, 2.45) is 10.9 Å². The molecule has 0 saturated heterocycles. The number of nitrogens with zero attached hydrogens (tertiary/aromatic N) is 2. The Hall–Kier alpha value is -2.56. The molecular weight excluding hydrogens is 266 g/mol. The third-order valence-corrected chi connectivity index (χ3v) is 3.43. The van der Waals surface area contributed by atoms with Gasteiger partial charge in [-0.1, -0.05) is 47.6 Å². The highest BCUT2D eigenvalue weighted by Crippen LogP contribution is 2.16. The number of rotatable bonds is 5. The van der Waals surface area contributed by atoms with E-state index in [1.54, 1.807) is 11.9 Å². The van der Waals surface area contributed by atoms with Crippen LogP contribution in [0, 0.1) is 0 Å². The van der Waals surface area contributed by atoms with E-state index in [1.807, 2.05) is 42.5 Å². The molecule has 0 fully saturated rings. The van der Waals surface area contributed by atoms with Crippen molar-refractivity contribution in [2.75, 3.05) is 13.6 Å². The molecule has 0 unspecified atom stereocenters. The van der Waals surface area contributed by atoms with Gasteiger partial charge in [0.2, 0.25) is 5.91 Å². The van der Waals surface area contributed by atoms with E-state index in [2.05, 4.69) is 5.16 Å². The molecule has 0 bridgehead atoms. The third-order valence-electron chi connectivity index (χ3n) is 3.43. The average Bonchev–Trinajstić information content (AvgIpc) is 2.51. The first-order valence-electron chi connectivity index (χ1n) is 6.78. The lowest BCUT2D eigenvalue weighted by Crippen LogP contribution is -2.31. The van der Waals surface area contributed by atoms with Crippen LogP contribution in [0.1, 0.15) is 12.0 Å². The van der Waals surface area contributed by atoms with Crippen LogP contribution in [0.3, 0.4) is 0 Å². The molecule has 21 heavy (non-hydrogen) atoms. The zero-order valence-electron chi connectivity index (χ0n) is 12.0. The summed E-state index contributed by atoms with van der Waals surface area (Å²) in [6.45, 7) is 0.433. The molecular formula is C16H19N3O2. The Kier molecular flexibility index (Phi) is 4.77. The number of nitrogens with two attached hydrogens (primary N) is 1. The Balaban J connectivity index is 2.00. The van der Waals surface area contributed by atoms with Gasteiger partial charge in [0.05, 0.1) is 6.42 Å². The van der Waals surface area contributed by atoms with Crippen LogP contribution in [-0.2, 0) is 11.2 Å². The Morgan fingerprint density at radius 1 is 1.24 bits per heavy atom. The summed E-state index contributed by atoms with van der Waals surface area (Å²) >= 11 is 0. The van der Waals surface area contributed by atoms with Gasteiger partial charge in [-0.05, 0) is 16.3 Å². The molecule has 0 aromatic heterocycles. The molecule has 1 amide bonds. The molecule has 0 radical (unpaired) electrons. The lowest BCUT2D eigenvalue weighted by atomic mass is 10.0. The van der Waals surface area contributed by atoms with Gasteiger partial charge in [-0.15, -0.1) is 0 Å². The van der Waals surface area contributed by atoms with E-state index in [-0.39, 0.29) is 11.7 Å². The predicted octanol–water partition coefficient (Wildman–Crippen LogP) is 1.98. The highest BCUT2D eigenvalue weighted by molar-refractivity contribution is 5.85. The fraction of sp³-hybridized carbons (Fsp3) is 0.250. The Morgan fingerprint density at radius 3 is 2.67 bits per heavy atom. The normalized spacial score (nSPS) is 11.6. The minimum Gasteiger partial charge on any atom is -0.409 e. The maximum Gasteiger partial charge on any atom is 0.226 e.